The zero-order valence-corrected chi connectivity index (χ0v) is 21.1. The number of thiophene rings is 1. The molecule has 0 aliphatic rings. The molecule has 0 atom stereocenters. The summed E-state index contributed by atoms with van der Waals surface area (Å²) in [7, 11) is 0. The van der Waals surface area contributed by atoms with Gasteiger partial charge in [-0.1, -0.05) is 32.9 Å². The summed E-state index contributed by atoms with van der Waals surface area (Å²) >= 11 is 1.12. The van der Waals surface area contributed by atoms with Gasteiger partial charge in [0.15, 0.2) is 0 Å². The monoisotopic (exact) mass is 458 g/mol. The maximum absolute atomic E-state index is 13.0. The minimum atomic E-state index is -0.550. The van der Waals surface area contributed by atoms with Crippen LogP contribution in [0.2, 0.25) is 0 Å². The van der Waals surface area contributed by atoms with Crippen LogP contribution in [0.1, 0.15) is 90.0 Å². The van der Waals surface area contributed by atoms with Gasteiger partial charge in [-0.3, -0.25) is 9.59 Å². The first-order chi connectivity index (χ1) is 14.9. The first-order valence-electron chi connectivity index (χ1n) is 11.0. The summed E-state index contributed by atoms with van der Waals surface area (Å²) in [5, 5.41) is 3.17. The fourth-order valence-corrected chi connectivity index (χ4v) is 4.43. The number of anilines is 1. The Morgan fingerprint density at radius 3 is 2.09 bits per heavy atom. The molecule has 1 aromatic carbocycles. The van der Waals surface area contributed by atoms with Crippen molar-refractivity contribution in [2.75, 3.05) is 18.4 Å². The lowest BCUT2D eigenvalue weighted by molar-refractivity contribution is 0.0379. The average molecular weight is 459 g/mol. The Hall–Kier alpha value is -2.67. The van der Waals surface area contributed by atoms with Crippen LogP contribution in [0.4, 0.5) is 5.00 Å². The first-order valence-corrected chi connectivity index (χ1v) is 11.8. The van der Waals surface area contributed by atoms with Crippen LogP contribution in [0.5, 0.6) is 0 Å². The van der Waals surface area contributed by atoms with E-state index in [1.165, 1.54) is 0 Å². The number of rotatable bonds is 7. The van der Waals surface area contributed by atoms with Crippen LogP contribution in [-0.2, 0) is 10.2 Å². The predicted octanol–water partition coefficient (Wildman–Crippen LogP) is 5.65. The number of hydrogen-bond donors (Lipinski definition) is 1. The van der Waals surface area contributed by atoms with E-state index in [1.54, 1.807) is 37.8 Å². The molecule has 6 nitrogen and oxygen atoms in total. The predicted molar refractivity (Wildman–Crippen MR) is 130 cm³/mol. The second-order valence-corrected chi connectivity index (χ2v) is 9.99. The van der Waals surface area contributed by atoms with Gasteiger partial charge in [0.2, 0.25) is 0 Å². The molecule has 0 unspecified atom stereocenters. The van der Waals surface area contributed by atoms with Crippen molar-refractivity contribution >= 4 is 34.1 Å². The number of carbonyl (C=O) groups excluding carboxylic acids is 3. The molecule has 0 bridgehead atoms. The fourth-order valence-electron chi connectivity index (χ4n) is 3.28. The van der Waals surface area contributed by atoms with E-state index in [0.29, 0.717) is 34.1 Å². The van der Waals surface area contributed by atoms with Crippen LogP contribution in [0, 0.1) is 6.92 Å². The highest BCUT2D eigenvalue weighted by atomic mass is 32.1. The highest BCUT2D eigenvalue weighted by Gasteiger charge is 2.29. The Kier molecular flexibility index (Phi) is 8.24. The zero-order chi connectivity index (χ0) is 24.2. The number of nitrogens with zero attached hydrogens (tertiary/aromatic N) is 1. The quantitative estimate of drug-likeness (QED) is 0.544. The maximum atomic E-state index is 13.0. The third kappa shape index (κ3) is 5.76. The van der Waals surface area contributed by atoms with Crippen molar-refractivity contribution in [1.29, 1.82) is 0 Å². The molecule has 0 spiro atoms. The highest BCUT2D eigenvalue weighted by Crippen LogP contribution is 2.35. The summed E-state index contributed by atoms with van der Waals surface area (Å²) in [5.41, 5.74) is 2.33. The molecule has 0 radical (unpaired) electrons. The smallest absolute Gasteiger partial charge is 0.341 e. The SMILES string of the molecule is CCN(CC)C(=O)c1sc(NC(=O)c2ccc(C(C)(C)C)cc2)c(C(=O)OC(C)C)c1C. The molecule has 0 saturated heterocycles. The van der Waals surface area contributed by atoms with Crippen molar-refractivity contribution in [2.24, 2.45) is 0 Å². The summed E-state index contributed by atoms with van der Waals surface area (Å²) in [5.74, 6) is -1.05. The van der Waals surface area contributed by atoms with Crippen LogP contribution < -0.4 is 5.32 Å². The van der Waals surface area contributed by atoms with Crippen LogP contribution in [0.3, 0.4) is 0 Å². The number of nitrogens with one attached hydrogen (secondary N) is 1. The summed E-state index contributed by atoms with van der Waals surface area (Å²) in [6.45, 7) is 16.5. The molecule has 0 fully saturated rings. The molecule has 2 aromatic rings. The van der Waals surface area contributed by atoms with Gasteiger partial charge in [-0.2, -0.15) is 0 Å². The Morgan fingerprint density at radius 1 is 1.06 bits per heavy atom. The van der Waals surface area contributed by atoms with Crippen molar-refractivity contribution in [3.05, 3.63) is 51.4 Å². The number of carbonyl (C=O) groups is 3. The van der Waals surface area contributed by atoms with Crippen molar-refractivity contribution in [3.8, 4) is 0 Å². The van der Waals surface area contributed by atoms with Crippen LogP contribution >= 0.6 is 11.3 Å². The van der Waals surface area contributed by atoms with Crippen molar-refractivity contribution in [2.45, 2.75) is 66.9 Å². The van der Waals surface area contributed by atoms with E-state index in [-0.39, 0.29) is 28.9 Å². The molecule has 1 aromatic heterocycles. The number of benzene rings is 1. The topological polar surface area (TPSA) is 75.7 Å². The zero-order valence-electron chi connectivity index (χ0n) is 20.3. The van der Waals surface area contributed by atoms with Gasteiger partial charge in [0.25, 0.3) is 11.8 Å². The van der Waals surface area contributed by atoms with Gasteiger partial charge >= 0.3 is 5.97 Å². The van der Waals surface area contributed by atoms with E-state index < -0.39 is 5.97 Å². The standard InChI is InChI=1S/C25H34N2O4S/c1-9-27(10-2)23(29)20-16(5)19(24(30)31-15(3)4)22(32-20)26-21(28)17-11-13-18(14-12-17)25(6,7)8/h11-15H,9-10H2,1-8H3,(H,26,28). The van der Waals surface area contributed by atoms with E-state index in [4.69, 9.17) is 4.74 Å². The van der Waals surface area contributed by atoms with E-state index in [2.05, 4.69) is 26.1 Å². The lowest BCUT2D eigenvalue weighted by atomic mass is 9.87. The van der Waals surface area contributed by atoms with E-state index in [1.807, 2.05) is 26.0 Å². The van der Waals surface area contributed by atoms with Gasteiger partial charge in [-0.15, -0.1) is 11.3 Å². The molecule has 0 aliphatic heterocycles. The molecule has 0 saturated carbocycles. The average Bonchev–Trinajstić information content (AvgIpc) is 3.03. The van der Waals surface area contributed by atoms with Crippen LogP contribution in [-0.4, -0.2) is 41.9 Å². The molecular formula is C25H34N2O4S. The van der Waals surface area contributed by atoms with E-state index in [9.17, 15) is 14.4 Å². The second kappa shape index (κ2) is 10.3. The third-order valence-corrected chi connectivity index (χ3v) is 6.37. The Labute approximate surface area is 195 Å². The van der Waals surface area contributed by atoms with Crippen molar-refractivity contribution < 1.29 is 19.1 Å². The number of ether oxygens (including phenoxy) is 1. The molecule has 7 heteroatoms. The Bertz CT molecular complexity index is 981. The fraction of sp³-hybridized carbons (Fsp3) is 0.480. The molecule has 2 rings (SSSR count). The van der Waals surface area contributed by atoms with E-state index in [0.717, 1.165) is 16.9 Å². The second-order valence-electron chi connectivity index (χ2n) is 8.97. The van der Waals surface area contributed by atoms with Gasteiger partial charge in [-0.05, 0) is 63.3 Å². The summed E-state index contributed by atoms with van der Waals surface area (Å²) in [6.07, 6.45) is -0.322. The minimum Gasteiger partial charge on any atom is -0.459 e. The third-order valence-electron chi connectivity index (χ3n) is 5.18. The molecule has 174 valence electrons. The minimum absolute atomic E-state index is 0.0205. The largest absolute Gasteiger partial charge is 0.459 e. The molecule has 1 heterocycles. The molecule has 2 amide bonds. The van der Waals surface area contributed by atoms with Crippen LogP contribution in [0.25, 0.3) is 0 Å². The highest BCUT2D eigenvalue weighted by molar-refractivity contribution is 7.18. The molecular weight excluding hydrogens is 424 g/mol. The van der Waals surface area contributed by atoms with E-state index >= 15 is 0 Å². The summed E-state index contributed by atoms with van der Waals surface area (Å²) < 4.78 is 5.40. The van der Waals surface area contributed by atoms with Gasteiger partial charge in [0.05, 0.1) is 16.5 Å². The number of esters is 1. The van der Waals surface area contributed by atoms with Crippen molar-refractivity contribution in [1.82, 2.24) is 4.90 Å². The maximum Gasteiger partial charge on any atom is 0.341 e. The summed E-state index contributed by atoms with van der Waals surface area (Å²) in [6, 6.07) is 7.39. The Morgan fingerprint density at radius 2 is 1.62 bits per heavy atom. The van der Waals surface area contributed by atoms with Gasteiger partial charge in [0, 0.05) is 18.7 Å². The normalized spacial score (nSPS) is 11.4. The summed E-state index contributed by atoms with van der Waals surface area (Å²) in [4.78, 5) is 40.9. The van der Waals surface area contributed by atoms with Gasteiger partial charge in [-0.25, -0.2) is 4.79 Å². The van der Waals surface area contributed by atoms with Gasteiger partial charge < -0.3 is 15.0 Å². The lowest BCUT2D eigenvalue weighted by Crippen LogP contribution is -2.30. The Balaban J connectivity index is 2.44. The van der Waals surface area contributed by atoms with Crippen molar-refractivity contribution in [3.63, 3.8) is 0 Å². The lowest BCUT2D eigenvalue weighted by Gasteiger charge is -2.19. The van der Waals surface area contributed by atoms with Gasteiger partial charge in [0.1, 0.15) is 5.00 Å². The molecule has 1 N–H and O–H groups in total. The molecule has 32 heavy (non-hydrogen) atoms. The molecule has 0 aliphatic carbocycles. The van der Waals surface area contributed by atoms with Crippen LogP contribution in [0.15, 0.2) is 24.3 Å². The number of amides is 2. The first kappa shape index (κ1) is 25.6. The number of hydrogen-bond acceptors (Lipinski definition) is 5.